The van der Waals surface area contributed by atoms with Crippen molar-refractivity contribution < 1.29 is 0 Å². The molecular weight excluding hydrogens is 162 g/mol. The molecule has 1 aromatic rings. The molecule has 0 spiro atoms. The first kappa shape index (κ1) is 8.75. The summed E-state index contributed by atoms with van der Waals surface area (Å²) < 4.78 is 2.26. The molecule has 3 heteroatoms. The summed E-state index contributed by atoms with van der Waals surface area (Å²) >= 11 is 0. The highest BCUT2D eigenvalue weighted by Gasteiger charge is 2.18. The lowest BCUT2D eigenvalue weighted by Gasteiger charge is -2.02. The second-order valence-corrected chi connectivity index (χ2v) is 3.73. The van der Waals surface area contributed by atoms with E-state index in [0.29, 0.717) is 0 Å². The summed E-state index contributed by atoms with van der Waals surface area (Å²) in [6, 6.07) is 0. The van der Waals surface area contributed by atoms with Crippen LogP contribution >= 0.6 is 0 Å². The molecule has 1 aliphatic rings. The van der Waals surface area contributed by atoms with Crippen molar-refractivity contribution in [2.24, 2.45) is 12.8 Å². The molecule has 1 heterocycles. The van der Waals surface area contributed by atoms with E-state index in [-0.39, 0.29) is 0 Å². The Kier molecular flexibility index (Phi) is 2.36. The highest BCUT2D eigenvalue weighted by Crippen LogP contribution is 2.22. The average molecular weight is 179 g/mol. The third-order valence-corrected chi connectivity index (χ3v) is 2.82. The van der Waals surface area contributed by atoms with Gasteiger partial charge in [-0.15, -0.1) is 0 Å². The van der Waals surface area contributed by atoms with Gasteiger partial charge in [-0.05, 0) is 32.2 Å². The van der Waals surface area contributed by atoms with Gasteiger partial charge in [0.05, 0.1) is 5.69 Å². The summed E-state index contributed by atoms with van der Waals surface area (Å²) in [6.45, 7) is 0.761. The number of aryl methyl sites for hydroxylation is 2. The van der Waals surface area contributed by atoms with E-state index in [2.05, 4.69) is 16.6 Å². The molecule has 0 unspecified atom stereocenters. The number of rotatable bonds is 3. The molecule has 2 rings (SSSR count). The first-order valence-electron chi connectivity index (χ1n) is 5.06. The normalized spacial score (nSPS) is 14.9. The standard InChI is InChI=1S/C10H17N3/c1-13-9-5-2-4-8(9)12-10(13)6-3-7-11/h2-7,11H2,1H3. The van der Waals surface area contributed by atoms with Crippen LogP contribution in [0.1, 0.15) is 30.1 Å². The van der Waals surface area contributed by atoms with Gasteiger partial charge in [0.15, 0.2) is 0 Å². The number of fused-ring (bicyclic) bond motifs is 1. The summed E-state index contributed by atoms with van der Waals surface area (Å²) in [6.07, 6.45) is 5.74. The van der Waals surface area contributed by atoms with E-state index in [1.165, 1.54) is 36.5 Å². The van der Waals surface area contributed by atoms with Crippen molar-refractivity contribution >= 4 is 0 Å². The van der Waals surface area contributed by atoms with Gasteiger partial charge in [0.1, 0.15) is 5.82 Å². The molecule has 1 aromatic heterocycles. The Morgan fingerprint density at radius 2 is 2.31 bits per heavy atom. The van der Waals surface area contributed by atoms with Crippen LogP contribution in [0.4, 0.5) is 0 Å². The van der Waals surface area contributed by atoms with E-state index in [1.807, 2.05) is 0 Å². The smallest absolute Gasteiger partial charge is 0.108 e. The van der Waals surface area contributed by atoms with Crippen molar-refractivity contribution in [2.45, 2.75) is 32.1 Å². The minimum atomic E-state index is 0.761. The third-order valence-electron chi connectivity index (χ3n) is 2.82. The third kappa shape index (κ3) is 1.48. The number of hydrogen-bond donors (Lipinski definition) is 1. The van der Waals surface area contributed by atoms with Crippen molar-refractivity contribution in [1.82, 2.24) is 9.55 Å². The lowest BCUT2D eigenvalue weighted by molar-refractivity contribution is 0.697. The van der Waals surface area contributed by atoms with Crippen molar-refractivity contribution in [2.75, 3.05) is 6.54 Å². The Bertz CT molecular complexity index is 301. The van der Waals surface area contributed by atoms with Gasteiger partial charge in [0.25, 0.3) is 0 Å². The Labute approximate surface area is 79.0 Å². The first-order chi connectivity index (χ1) is 6.33. The molecule has 0 bridgehead atoms. The van der Waals surface area contributed by atoms with Gasteiger partial charge in [-0.3, -0.25) is 0 Å². The quantitative estimate of drug-likeness (QED) is 0.746. The van der Waals surface area contributed by atoms with Crippen LogP contribution in [0.2, 0.25) is 0 Å². The lowest BCUT2D eigenvalue weighted by atomic mass is 10.3. The van der Waals surface area contributed by atoms with Crippen LogP contribution in [0.5, 0.6) is 0 Å². The van der Waals surface area contributed by atoms with Gasteiger partial charge in [-0.1, -0.05) is 0 Å². The van der Waals surface area contributed by atoms with Crippen molar-refractivity contribution in [3.05, 3.63) is 17.2 Å². The van der Waals surface area contributed by atoms with Gasteiger partial charge >= 0.3 is 0 Å². The van der Waals surface area contributed by atoms with E-state index in [4.69, 9.17) is 5.73 Å². The Morgan fingerprint density at radius 3 is 3.00 bits per heavy atom. The minimum Gasteiger partial charge on any atom is -0.335 e. The topological polar surface area (TPSA) is 43.8 Å². The predicted molar refractivity (Wildman–Crippen MR) is 52.6 cm³/mol. The molecular formula is C10H17N3. The second-order valence-electron chi connectivity index (χ2n) is 3.73. The summed E-state index contributed by atoms with van der Waals surface area (Å²) in [5, 5.41) is 0. The zero-order valence-electron chi connectivity index (χ0n) is 8.21. The maximum Gasteiger partial charge on any atom is 0.108 e. The van der Waals surface area contributed by atoms with Gasteiger partial charge in [-0.25, -0.2) is 4.98 Å². The largest absolute Gasteiger partial charge is 0.335 e. The fourth-order valence-corrected chi connectivity index (χ4v) is 2.06. The van der Waals surface area contributed by atoms with E-state index in [1.54, 1.807) is 0 Å². The molecule has 1 aliphatic carbocycles. The van der Waals surface area contributed by atoms with E-state index in [0.717, 1.165) is 19.4 Å². The number of imidazole rings is 1. The second kappa shape index (κ2) is 3.50. The van der Waals surface area contributed by atoms with Crippen LogP contribution in [-0.2, 0) is 26.3 Å². The Hall–Kier alpha value is -0.830. The van der Waals surface area contributed by atoms with Crippen LogP contribution < -0.4 is 5.73 Å². The van der Waals surface area contributed by atoms with Crippen LogP contribution in [0, 0.1) is 0 Å². The molecule has 0 radical (unpaired) electrons. The van der Waals surface area contributed by atoms with Crippen LogP contribution in [0.3, 0.4) is 0 Å². The molecule has 72 valence electrons. The molecule has 0 saturated carbocycles. The molecule has 0 fully saturated rings. The molecule has 0 atom stereocenters. The Morgan fingerprint density at radius 1 is 1.46 bits per heavy atom. The molecule has 2 N–H and O–H groups in total. The summed E-state index contributed by atoms with van der Waals surface area (Å²) in [5.41, 5.74) is 8.26. The van der Waals surface area contributed by atoms with E-state index < -0.39 is 0 Å². The Balaban J connectivity index is 2.18. The molecule has 0 aliphatic heterocycles. The van der Waals surface area contributed by atoms with Crippen molar-refractivity contribution in [1.29, 1.82) is 0 Å². The van der Waals surface area contributed by atoms with Gasteiger partial charge < -0.3 is 10.3 Å². The maximum absolute atomic E-state index is 5.48. The van der Waals surface area contributed by atoms with Gasteiger partial charge in [0, 0.05) is 19.2 Å². The molecule has 0 aromatic carbocycles. The number of nitrogens with two attached hydrogens (primary N) is 1. The highest BCUT2D eigenvalue weighted by molar-refractivity contribution is 5.21. The average Bonchev–Trinajstić information content (AvgIpc) is 2.67. The highest BCUT2D eigenvalue weighted by atomic mass is 15.1. The first-order valence-corrected chi connectivity index (χ1v) is 5.06. The fourth-order valence-electron chi connectivity index (χ4n) is 2.06. The SMILES string of the molecule is Cn1c(CCCN)nc2c1CCC2. The predicted octanol–water partition coefficient (Wildman–Crippen LogP) is 0.800. The zero-order chi connectivity index (χ0) is 9.26. The summed E-state index contributed by atoms with van der Waals surface area (Å²) in [5.74, 6) is 1.22. The van der Waals surface area contributed by atoms with Crippen molar-refractivity contribution in [3.8, 4) is 0 Å². The van der Waals surface area contributed by atoms with Crippen LogP contribution in [0.15, 0.2) is 0 Å². The van der Waals surface area contributed by atoms with Crippen LogP contribution in [-0.4, -0.2) is 16.1 Å². The van der Waals surface area contributed by atoms with Gasteiger partial charge in [0.2, 0.25) is 0 Å². The number of hydrogen-bond acceptors (Lipinski definition) is 2. The molecule has 13 heavy (non-hydrogen) atoms. The summed E-state index contributed by atoms with van der Waals surface area (Å²) in [4.78, 5) is 4.64. The lowest BCUT2D eigenvalue weighted by Crippen LogP contribution is -2.06. The minimum absolute atomic E-state index is 0.761. The van der Waals surface area contributed by atoms with Gasteiger partial charge in [-0.2, -0.15) is 0 Å². The molecule has 0 amide bonds. The number of nitrogens with zero attached hydrogens (tertiary/aromatic N) is 2. The van der Waals surface area contributed by atoms with Crippen molar-refractivity contribution in [3.63, 3.8) is 0 Å². The molecule has 0 saturated heterocycles. The summed E-state index contributed by atoms with van der Waals surface area (Å²) in [7, 11) is 2.13. The fraction of sp³-hybridized carbons (Fsp3) is 0.700. The number of aromatic nitrogens is 2. The zero-order valence-corrected chi connectivity index (χ0v) is 8.21. The maximum atomic E-state index is 5.48. The monoisotopic (exact) mass is 179 g/mol. The van der Waals surface area contributed by atoms with Crippen LogP contribution in [0.25, 0.3) is 0 Å². The molecule has 3 nitrogen and oxygen atoms in total. The van der Waals surface area contributed by atoms with E-state index >= 15 is 0 Å². The van der Waals surface area contributed by atoms with E-state index in [9.17, 15) is 0 Å².